The van der Waals surface area contributed by atoms with Gasteiger partial charge in [-0.1, -0.05) is 96.0 Å². The minimum absolute atomic E-state index is 0.320. The molecule has 202 valence electrons. The number of halogens is 2. The molecular weight excluding hydrogens is 571 g/mol. The lowest BCUT2D eigenvalue weighted by Crippen LogP contribution is -2.22. The number of benzene rings is 4. The Hall–Kier alpha value is -4.98. The summed E-state index contributed by atoms with van der Waals surface area (Å²) in [6.07, 6.45) is 1.56. The van der Waals surface area contributed by atoms with Crippen LogP contribution >= 0.6 is 23.2 Å². The van der Waals surface area contributed by atoms with Crippen molar-refractivity contribution >= 4 is 39.8 Å². The molecule has 3 aromatic heterocycles. The van der Waals surface area contributed by atoms with Gasteiger partial charge in [0.1, 0.15) is 11.9 Å². The Balaban J connectivity index is 1.34. The third-order valence-electron chi connectivity index (χ3n) is 7.49. The van der Waals surface area contributed by atoms with Gasteiger partial charge < -0.3 is 9.15 Å². The first-order valence-electron chi connectivity index (χ1n) is 13.1. The summed E-state index contributed by atoms with van der Waals surface area (Å²) in [5.74, 6) is 0.556. The number of rotatable bonds is 3. The summed E-state index contributed by atoms with van der Waals surface area (Å²) in [4.78, 5) is 23.1. The van der Waals surface area contributed by atoms with E-state index in [1.54, 1.807) is 35.1 Å². The average Bonchev–Trinajstić information content (AvgIpc) is 3.47. The van der Waals surface area contributed by atoms with E-state index in [1.165, 1.54) is 0 Å². The molecule has 42 heavy (non-hydrogen) atoms. The van der Waals surface area contributed by atoms with Crippen LogP contribution in [-0.2, 0) is 0 Å². The lowest BCUT2D eigenvalue weighted by Gasteiger charge is -2.27. The number of fused-ring (bicyclic) bond motifs is 6. The maximum Gasteiger partial charge on any atom is 0.344 e. The molecule has 0 bridgehead atoms. The first-order chi connectivity index (χ1) is 20.5. The summed E-state index contributed by atoms with van der Waals surface area (Å²) in [5.41, 5.74) is 5.05. The zero-order chi connectivity index (χ0) is 28.4. The van der Waals surface area contributed by atoms with Crippen LogP contribution in [0.1, 0.15) is 22.6 Å². The number of nitrogens with zero attached hydrogens (tertiary/aromatic N) is 4. The fourth-order valence-electron chi connectivity index (χ4n) is 5.52. The molecule has 0 saturated heterocycles. The number of hydrogen-bond donors (Lipinski definition) is 0. The SMILES string of the molecule is O=c1oc2ccccc2c2c1C(c1ccc(Cl)c(Cl)c1)c1c(ncn3nc(-c4ccc(-c5ccccc5)cc4)nc13)O2. The second-order valence-corrected chi connectivity index (χ2v) is 10.8. The maximum atomic E-state index is 13.6. The van der Waals surface area contributed by atoms with Gasteiger partial charge in [0.15, 0.2) is 17.2 Å². The van der Waals surface area contributed by atoms with Crippen molar-refractivity contribution in [3.63, 3.8) is 0 Å². The Labute approximate surface area is 248 Å². The molecule has 0 aliphatic carbocycles. The van der Waals surface area contributed by atoms with E-state index < -0.39 is 11.5 Å². The smallest absolute Gasteiger partial charge is 0.344 e. The van der Waals surface area contributed by atoms with Crippen LogP contribution in [-0.4, -0.2) is 19.6 Å². The van der Waals surface area contributed by atoms with E-state index in [9.17, 15) is 4.79 Å². The van der Waals surface area contributed by atoms with E-state index in [2.05, 4.69) is 17.1 Å². The normalized spacial score (nSPS) is 14.0. The van der Waals surface area contributed by atoms with Gasteiger partial charge >= 0.3 is 5.63 Å². The quantitative estimate of drug-likeness (QED) is 0.194. The molecule has 1 aliphatic rings. The van der Waals surface area contributed by atoms with Gasteiger partial charge in [-0.3, -0.25) is 0 Å². The molecule has 7 aromatic rings. The van der Waals surface area contributed by atoms with Crippen LogP contribution in [0.3, 0.4) is 0 Å². The van der Waals surface area contributed by atoms with Gasteiger partial charge in [0, 0.05) is 5.56 Å². The molecule has 4 aromatic carbocycles. The van der Waals surface area contributed by atoms with Crippen LogP contribution in [0.25, 0.3) is 39.1 Å². The summed E-state index contributed by atoms with van der Waals surface area (Å²) >= 11 is 12.7. The van der Waals surface area contributed by atoms with E-state index in [1.807, 2.05) is 60.7 Å². The molecule has 7 nitrogen and oxygen atoms in total. The largest absolute Gasteiger partial charge is 0.437 e. The standard InChI is InChI=1S/C33H18Cl2N4O3/c34-23-15-14-21(16-24(23)35)26-27-29(22-8-4-5-9-25(22)41-33(27)40)42-32-28(26)31-37-30(38-39(31)17-36-32)20-12-10-19(11-13-20)18-6-2-1-3-7-18/h1-17,26H. The highest BCUT2D eigenvalue weighted by atomic mass is 35.5. The minimum atomic E-state index is -0.659. The summed E-state index contributed by atoms with van der Waals surface area (Å²) in [7, 11) is 0. The van der Waals surface area contributed by atoms with Crippen molar-refractivity contribution in [2.45, 2.75) is 5.92 Å². The Morgan fingerprint density at radius 3 is 2.31 bits per heavy atom. The van der Waals surface area contributed by atoms with Crippen molar-refractivity contribution in [1.29, 1.82) is 0 Å². The molecule has 0 spiro atoms. The third kappa shape index (κ3) is 3.89. The highest BCUT2D eigenvalue weighted by molar-refractivity contribution is 6.42. The molecule has 0 fully saturated rings. The van der Waals surface area contributed by atoms with Crippen LogP contribution in [0.15, 0.2) is 113 Å². The van der Waals surface area contributed by atoms with E-state index in [4.69, 9.17) is 42.4 Å². The van der Waals surface area contributed by atoms with Gasteiger partial charge in [-0.15, -0.1) is 5.10 Å². The Morgan fingerprint density at radius 1 is 0.762 bits per heavy atom. The number of hydrogen-bond acceptors (Lipinski definition) is 6. The highest BCUT2D eigenvalue weighted by Gasteiger charge is 2.37. The van der Waals surface area contributed by atoms with E-state index in [-0.39, 0.29) is 0 Å². The van der Waals surface area contributed by atoms with E-state index >= 15 is 0 Å². The number of ether oxygens (including phenoxy) is 1. The average molecular weight is 589 g/mol. The summed E-state index contributed by atoms with van der Waals surface area (Å²) in [5, 5.41) is 6.14. The minimum Gasteiger partial charge on any atom is -0.437 e. The van der Waals surface area contributed by atoms with Crippen LogP contribution in [0.4, 0.5) is 0 Å². The fourth-order valence-corrected chi connectivity index (χ4v) is 5.83. The van der Waals surface area contributed by atoms with Crippen molar-refractivity contribution in [1.82, 2.24) is 19.6 Å². The monoisotopic (exact) mass is 588 g/mol. The van der Waals surface area contributed by atoms with Gasteiger partial charge in [0.2, 0.25) is 5.88 Å². The molecular formula is C33H18Cl2N4O3. The molecule has 0 saturated carbocycles. The van der Waals surface area contributed by atoms with Crippen molar-refractivity contribution in [2.75, 3.05) is 0 Å². The summed E-state index contributed by atoms with van der Waals surface area (Å²) < 4.78 is 13.7. The van der Waals surface area contributed by atoms with Gasteiger partial charge in [0.05, 0.1) is 32.5 Å². The number of aromatic nitrogens is 4. The Kier molecular flexibility index (Phi) is 5.63. The zero-order valence-corrected chi connectivity index (χ0v) is 23.2. The molecule has 0 N–H and O–H groups in total. The molecule has 8 rings (SSSR count). The molecule has 0 radical (unpaired) electrons. The summed E-state index contributed by atoms with van der Waals surface area (Å²) in [6.45, 7) is 0. The first kappa shape index (κ1) is 24.8. The van der Waals surface area contributed by atoms with Crippen molar-refractivity contribution in [2.24, 2.45) is 0 Å². The van der Waals surface area contributed by atoms with Gasteiger partial charge in [-0.2, -0.15) is 0 Å². The molecule has 0 amide bonds. The molecule has 1 atom stereocenters. The Bertz CT molecular complexity index is 2230. The van der Waals surface area contributed by atoms with Crippen molar-refractivity contribution in [3.05, 3.63) is 141 Å². The van der Waals surface area contributed by atoms with Gasteiger partial charge in [0.25, 0.3) is 0 Å². The van der Waals surface area contributed by atoms with Crippen LogP contribution < -0.4 is 10.4 Å². The lowest BCUT2D eigenvalue weighted by atomic mass is 9.84. The highest BCUT2D eigenvalue weighted by Crippen LogP contribution is 2.49. The molecule has 1 unspecified atom stereocenters. The van der Waals surface area contributed by atoms with Crippen LogP contribution in [0.5, 0.6) is 11.6 Å². The van der Waals surface area contributed by atoms with E-state index in [0.29, 0.717) is 60.8 Å². The zero-order valence-electron chi connectivity index (χ0n) is 21.7. The predicted molar refractivity (Wildman–Crippen MR) is 162 cm³/mol. The van der Waals surface area contributed by atoms with Gasteiger partial charge in [-0.25, -0.2) is 19.3 Å². The topological polar surface area (TPSA) is 82.5 Å². The fraction of sp³-hybridized carbons (Fsp3) is 0.0303. The molecule has 4 heterocycles. The van der Waals surface area contributed by atoms with Crippen LogP contribution in [0, 0.1) is 0 Å². The summed E-state index contributed by atoms with van der Waals surface area (Å²) in [6, 6.07) is 30.7. The van der Waals surface area contributed by atoms with Crippen molar-refractivity contribution < 1.29 is 9.15 Å². The Morgan fingerprint density at radius 2 is 1.50 bits per heavy atom. The van der Waals surface area contributed by atoms with Crippen molar-refractivity contribution in [3.8, 4) is 34.1 Å². The maximum absolute atomic E-state index is 13.6. The second kappa shape index (κ2) is 9.55. The lowest BCUT2D eigenvalue weighted by molar-refractivity contribution is 0.422. The number of para-hydroxylation sites is 1. The predicted octanol–water partition coefficient (Wildman–Crippen LogP) is 8.16. The second-order valence-electron chi connectivity index (χ2n) is 9.95. The first-order valence-corrected chi connectivity index (χ1v) is 13.9. The van der Waals surface area contributed by atoms with Crippen LogP contribution in [0.2, 0.25) is 10.0 Å². The molecule has 9 heteroatoms. The third-order valence-corrected chi connectivity index (χ3v) is 8.23. The van der Waals surface area contributed by atoms with Gasteiger partial charge in [-0.05, 0) is 41.0 Å². The molecule has 1 aliphatic heterocycles. The van der Waals surface area contributed by atoms with E-state index in [0.717, 1.165) is 16.7 Å².